The molecule has 2 fully saturated rings. The van der Waals surface area contributed by atoms with E-state index in [1.165, 1.54) is 6.20 Å². The molecule has 0 radical (unpaired) electrons. The number of piperidine rings is 1. The first-order valence-corrected chi connectivity index (χ1v) is 15.3. The quantitative estimate of drug-likeness (QED) is 0.313. The van der Waals surface area contributed by atoms with Gasteiger partial charge in [-0.3, -0.25) is 5.10 Å². The molecule has 3 N–H and O–H groups in total. The van der Waals surface area contributed by atoms with Crippen molar-refractivity contribution in [2.45, 2.75) is 39.0 Å². The number of anilines is 4. The van der Waals surface area contributed by atoms with Crippen molar-refractivity contribution in [3.63, 3.8) is 0 Å². The van der Waals surface area contributed by atoms with Gasteiger partial charge in [-0.15, -0.1) is 0 Å². The molecule has 4 heterocycles. The third kappa shape index (κ3) is 7.35. The van der Waals surface area contributed by atoms with Gasteiger partial charge in [-0.25, -0.2) is 17.9 Å². The van der Waals surface area contributed by atoms with Gasteiger partial charge in [-0.1, -0.05) is 11.6 Å². The molecule has 0 amide bonds. The van der Waals surface area contributed by atoms with Crippen LogP contribution < -0.4 is 10.6 Å². The van der Waals surface area contributed by atoms with E-state index in [2.05, 4.69) is 35.7 Å². The zero-order valence-electron chi connectivity index (χ0n) is 22.9. The van der Waals surface area contributed by atoms with Gasteiger partial charge in [0.1, 0.15) is 10.8 Å². The molecule has 10 nitrogen and oxygen atoms in total. The Morgan fingerprint density at radius 3 is 2.65 bits per heavy atom. The Kier molecular flexibility index (Phi) is 9.63. The molecule has 0 bridgehead atoms. The molecule has 5 rings (SSSR count). The minimum absolute atomic E-state index is 0.230. The van der Waals surface area contributed by atoms with Gasteiger partial charge < -0.3 is 20.3 Å². The van der Waals surface area contributed by atoms with Crippen LogP contribution in [0.2, 0.25) is 5.02 Å². The van der Waals surface area contributed by atoms with E-state index in [0.29, 0.717) is 47.2 Å². The average Bonchev–Trinajstić information content (AvgIpc) is 3.37. The molecular formula is C27H36ClFN8O2S. The highest BCUT2D eigenvalue weighted by Gasteiger charge is 2.24. The van der Waals surface area contributed by atoms with Crippen molar-refractivity contribution in [3.8, 4) is 0 Å². The molecule has 2 aromatic heterocycles. The lowest BCUT2D eigenvalue weighted by Gasteiger charge is -2.33. The lowest BCUT2D eigenvalue weighted by molar-refractivity contribution is 0.0751. The smallest absolute Gasteiger partial charge is 0.229 e. The van der Waals surface area contributed by atoms with E-state index < -0.39 is 11.0 Å². The molecule has 13 heteroatoms. The summed E-state index contributed by atoms with van der Waals surface area (Å²) in [7, 11) is -0.926. The van der Waals surface area contributed by atoms with Crippen LogP contribution >= 0.6 is 11.6 Å². The number of ether oxygens (including phenoxy) is 1. The summed E-state index contributed by atoms with van der Waals surface area (Å²) in [6, 6.07) is 5.29. The SMILES string of the molecule is Cc1cc(Nc2nc(Nc3cc(C)c(C4CCN(CCCS(=O)N5CCOCC5)CC4)cc3F)ncc2Cl)n[nH]1. The van der Waals surface area contributed by atoms with Crippen LogP contribution in [0, 0.1) is 19.7 Å². The predicted octanol–water partition coefficient (Wildman–Crippen LogP) is 4.66. The zero-order valence-corrected chi connectivity index (χ0v) is 24.5. The van der Waals surface area contributed by atoms with Gasteiger partial charge in [0.25, 0.3) is 0 Å². The number of halogens is 2. The first-order chi connectivity index (χ1) is 19.4. The molecule has 1 atom stereocenters. The molecule has 1 aromatic carbocycles. The predicted molar refractivity (Wildman–Crippen MR) is 157 cm³/mol. The second-order valence-corrected chi connectivity index (χ2v) is 12.3. The first-order valence-electron chi connectivity index (χ1n) is 13.7. The number of aryl methyl sites for hydroxylation is 2. The molecule has 40 heavy (non-hydrogen) atoms. The van der Waals surface area contributed by atoms with Crippen molar-refractivity contribution in [3.05, 3.63) is 52.1 Å². The standard InChI is InChI=1S/C27H36ClFN8O2S/c1-18-14-24(31-27-30-17-22(28)26(33-27)32-25-15-19(2)34-35-25)23(29)16-21(18)20-4-7-36(8-5-20)6-3-13-40(38)37-9-11-39-12-10-37/h14-17,20H,3-13H2,1-2H3,(H3,30,31,32,33,34,35). The average molecular weight is 591 g/mol. The summed E-state index contributed by atoms with van der Waals surface area (Å²) in [5.41, 5.74) is 3.29. The summed E-state index contributed by atoms with van der Waals surface area (Å²) in [6.07, 6.45) is 4.32. The van der Waals surface area contributed by atoms with Crippen LogP contribution in [0.3, 0.4) is 0 Å². The number of hydrogen-bond donors (Lipinski definition) is 3. The third-order valence-electron chi connectivity index (χ3n) is 7.38. The molecule has 0 saturated carbocycles. The van der Waals surface area contributed by atoms with Gasteiger partial charge in [0.2, 0.25) is 5.95 Å². The Morgan fingerprint density at radius 2 is 1.93 bits per heavy atom. The molecule has 216 valence electrons. The minimum Gasteiger partial charge on any atom is -0.379 e. The van der Waals surface area contributed by atoms with E-state index >= 15 is 4.39 Å². The highest BCUT2D eigenvalue weighted by atomic mass is 35.5. The van der Waals surface area contributed by atoms with Crippen molar-refractivity contribution in [2.75, 3.05) is 62.3 Å². The van der Waals surface area contributed by atoms with Gasteiger partial charge >= 0.3 is 0 Å². The number of nitrogens with one attached hydrogen (secondary N) is 3. The van der Waals surface area contributed by atoms with Gasteiger partial charge in [-0.2, -0.15) is 10.1 Å². The second kappa shape index (κ2) is 13.3. The maximum absolute atomic E-state index is 15.2. The first kappa shape index (κ1) is 28.9. The number of rotatable bonds is 10. The van der Waals surface area contributed by atoms with Crippen LogP contribution in [-0.4, -0.2) is 85.3 Å². The molecule has 3 aromatic rings. The molecule has 2 saturated heterocycles. The maximum atomic E-state index is 15.2. The maximum Gasteiger partial charge on any atom is 0.229 e. The molecule has 2 aliphatic heterocycles. The van der Waals surface area contributed by atoms with Crippen molar-refractivity contribution in [1.82, 2.24) is 29.4 Å². The van der Waals surface area contributed by atoms with Crippen LogP contribution in [0.15, 0.2) is 24.4 Å². The monoisotopic (exact) mass is 590 g/mol. The fraction of sp³-hybridized carbons (Fsp3) is 0.519. The van der Waals surface area contributed by atoms with Crippen LogP contribution in [0.4, 0.5) is 27.7 Å². The summed E-state index contributed by atoms with van der Waals surface area (Å²) in [4.78, 5) is 11.1. The number of aromatic nitrogens is 4. The number of benzene rings is 1. The number of morpholine rings is 1. The number of hydrogen-bond acceptors (Lipinski definition) is 8. The second-order valence-electron chi connectivity index (χ2n) is 10.3. The van der Waals surface area contributed by atoms with E-state index in [1.807, 2.05) is 30.3 Å². The number of aromatic amines is 1. The van der Waals surface area contributed by atoms with Crippen LogP contribution in [-0.2, 0) is 15.7 Å². The molecule has 0 spiro atoms. The van der Waals surface area contributed by atoms with Crippen molar-refractivity contribution in [1.29, 1.82) is 0 Å². The Hall–Kier alpha value is -2.64. The van der Waals surface area contributed by atoms with Gasteiger partial charge in [0.15, 0.2) is 11.6 Å². The number of nitrogens with zero attached hydrogens (tertiary/aromatic N) is 5. The Bertz CT molecular complexity index is 1330. The topological polar surface area (TPSA) is 111 Å². The fourth-order valence-electron chi connectivity index (χ4n) is 5.23. The number of H-pyrrole nitrogens is 1. The van der Waals surface area contributed by atoms with Crippen LogP contribution in [0.25, 0.3) is 0 Å². The molecule has 1 unspecified atom stereocenters. The van der Waals surface area contributed by atoms with Crippen molar-refractivity contribution >= 4 is 45.9 Å². The molecule has 2 aliphatic rings. The van der Waals surface area contributed by atoms with E-state index in [4.69, 9.17) is 16.3 Å². The molecular weight excluding hydrogens is 555 g/mol. The lowest BCUT2D eigenvalue weighted by Crippen LogP contribution is -2.39. The van der Waals surface area contributed by atoms with Crippen molar-refractivity contribution in [2.24, 2.45) is 0 Å². The summed E-state index contributed by atoms with van der Waals surface area (Å²) < 4.78 is 35.1. The van der Waals surface area contributed by atoms with Crippen LogP contribution in [0.1, 0.15) is 42.0 Å². The van der Waals surface area contributed by atoms with E-state index in [-0.39, 0.29) is 11.8 Å². The Balaban J connectivity index is 1.14. The summed E-state index contributed by atoms with van der Waals surface area (Å²) in [5, 5.41) is 13.4. The minimum atomic E-state index is -0.926. The summed E-state index contributed by atoms with van der Waals surface area (Å²) in [5.74, 6) is 1.83. The Morgan fingerprint density at radius 1 is 1.15 bits per heavy atom. The van der Waals surface area contributed by atoms with Crippen LogP contribution in [0.5, 0.6) is 0 Å². The zero-order chi connectivity index (χ0) is 28.1. The van der Waals surface area contributed by atoms with Gasteiger partial charge in [0, 0.05) is 30.6 Å². The normalized spacial score (nSPS) is 18.1. The highest BCUT2D eigenvalue weighted by molar-refractivity contribution is 7.82. The molecule has 0 aliphatic carbocycles. The van der Waals surface area contributed by atoms with Gasteiger partial charge in [-0.05, 0) is 81.9 Å². The van der Waals surface area contributed by atoms with E-state index in [0.717, 1.165) is 68.8 Å². The highest BCUT2D eigenvalue weighted by Crippen LogP contribution is 2.34. The van der Waals surface area contributed by atoms with E-state index in [1.54, 1.807) is 6.07 Å². The fourth-order valence-corrected chi connectivity index (χ4v) is 6.56. The summed E-state index contributed by atoms with van der Waals surface area (Å²) in [6.45, 7) is 9.59. The lowest BCUT2D eigenvalue weighted by atomic mass is 9.86. The largest absolute Gasteiger partial charge is 0.379 e. The summed E-state index contributed by atoms with van der Waals surface area (Å²) >= 11 is 6.25. The third-order valence-corrected chi connectivity index (χ3v) is 9.23. The number of likely N-dealkylation sites (tertiary alicyclic amines) is 1. The Labute approximate surface area is 241 Å². The van der Waals surface area contributed by atoms with Crippen molar-refractivity contribution < 1.29 is 13.3 Å². The van der Waals surface area contributed by atoms with E-state index in [9.17, 15) is 4.21 Å². The van der Waals surface area contributed by atoms with Gasteiger partial charge in [0.05, 0.1) is 36.1 Å².